The van der Waals surface area contributed by atoms with E-state index in [-0.39, 0.29) is 12.0 Å². The number of ether oxygens (including phenoxy) is 2. The molecule has 1 saturated heterocycles. The number of aryl methyl sites for hydroxylation is 2. The summed E-state index contributed by atoms with van der Waals surface area (Å²) in [5.74, 6) is 1.07. The van der Waals surface area contributed by atoms with Gasteiger partial charge in [-0.15, -0.1) is 0 Å². The van der Waals surface area contributed by atoms with Crippen LogP contribution in [0.4, 0.5) is 10.6 Å². The molecule has 3 aromatic rings. The molecule has 0 bridgehead atoms. The Labute approximate surface area is 247 Å². The fraction of sp³-hybridized carbons (Fsp3) is 0.441. The van der Waals surface area contributed by atoms with Crippen LogP contribution in [0.3, 0.4) is 0 Å². The third-order valence-electron chi connectivity index (χ3n) is 8.71. The maximum absolute atomic E-state index is 12.6. The number of hydrogen-bond donors (Lipinski definition) is 1. The molecule has 42 heavy (non-hydrogen) atoms. The lowest BCUT2D eigenvalue weighted by Crippen LogP contribution is -2.40. The van der Waals surface area contributed by atoms with Crippen LogP contribution >= 0.6 is 0 Å². The van der Waals surface area contributed by atoms with Crippen molar-refractivity contribution in [1.29, 1.82) is 0 Å². The lowest BCUT2D eigenvalue weighted by Gasteiger charge is -2.32. The molecule has 2 aliphatic heterocycles. The Morgan fingerprint density at radius 3 is 2.67 bits per heavy atom. The molecule has 0 unspecified atom stereocenters. The van der Waals surface area contributed by atoms with Crippen LogP contribution in [0.5, 0.6) is 5.75 Å². The van der Waals surface area contributed by atoms with E-state index in [0.29, 0.717) is 26.2 Å². The number of benzene rings is 2. The Balaban J connectivity index is 1.18. The van der Waals surface area contributed by atoms with Crippen molar-refractivity contribution < 1.29 is 24.2 Å². The number of carboxylic acid groups (broad SMARTS) is 1. The van der Waals surface area contributed by atoms with Gasteiger partial charge in [0.15, 0.2) is 0 Å². The summed E-state index contributed by atoms with van der Waals surface area (Å²) < 4.78 is 12.0. The quantitative estimate of drug-likeness (QED) is 0.381. The van der Waals surface area contributed by atoms with E-state index in [4.69, 9.17) is 14.5 Å². The number of aromatic nitrogens is 1. The number of fused-ring (bicyclic) bond motifs is 2. The minimum Gasteiger partial charge on any atom is -0.488 e. The summed E-state index contributed by atoms with van der Waals surface area (Å²) in [5, 5.41) is 9.70. The number of carbonyl (C=O) groups excluding carboxylic acids is 1. The molecule has 2 aromatic carbocycles. The molecule has 3 heterocycles. The first-order chi connectivity index (χ1) is 19.9. The molecule has 0 spiro atoms. The number of carboxylic acids is 1. The van der Waals surface area contributed by atoms with E-state index < -0.39 is 17.0 Å². The molecule has 3 aliphatic rings. The fourth-order valence-corrected chi connectivity index (χ4v) is 6.38. The summed E-state index contributed by atoms with van der Waals surface area (Å²) in [4.78, 5) is 33.3. The third-order valence-corrected chi connectivity index (χ3v) is 8.71. The monoisotopic (exact) mass is 569 g/mol. The van der Waals surface area contributed by atoms with Gasteiger partial charge in [-0.1, -0.05) is 29.8 Å². The minimum atomic E-state index is -0.696. The van der Waals surface area contributed by atoms with Crippen LogP contribution in [0.25, 0.3) is 11.3 Å². The largest absolute Gasteiger partial charge is 0.488 e. The van der Waals surface area contributed by atoms with Gasteiger partial charge in [-0.05, 0) is 99.9 Å². The van der Waals surface area contributed by atoms with Gasteiger partial charge in [0, 0.05) is 31.7 Å². The number of carbonyl (C=O) groups is 2. The maximum atomic E-state index is 12.6. The highest BCUT2D eigenvalue weighted by Gasteiger charge is 2.65. The van der Waals surface area contributed by atoms with Crippen molar-refractivity contribution in [2.75, 3.05) is 24.5 Å². The Hall–Kier alpha value is -4.07. The number of pyridine rings is 1. The van der Waals surface area contributed by atoms with E-state index in [9.17, 15) is 14.7 Å². The van der Waals surface area contributed by atoms with Gasteiger partial charge in [0.2, 0.25) is 0 Å². The van der Waals surface area contributed by atoms with E-state index in [1.54, 1.807) is 4.90 Å². The number of nitrogens with zero attached hydrogens (tertiary/aromatic N) is 3. The summed E-state index contributed by atoms with van der Waals surface area (Å²) >= 11 is 0. The van der Waals surface area contributed by atoms with Crippen molar-refractivity contribution in [2.45, 2.75) is 66.2 Å². The van der Waals surface area contributed by atoms with Gasteiger partial charge in [0.1, 0.15) is 23.8 Å². The Morgan fingerprint density at radius 1 is 1.12 bits per heavy atom. The zero-order chi connectivity index (χ0) is 29.8. The highest BCUT2D eigenvalue weighted by atomic mass is 16.6. The van der Waals surface area contributed by atoms with Crippen molar-refractivity contribution in [3.63, 3.8) is 0 Å². The number of anilines is 1. The van der Waals surface area contributed by atoms with Gasteiger partial charge in [-0.3, -0.25) is 4.79 Å². The van der Waals surface area contributed by atoms with Crippen LogP contribution in [0.2, 0.25) is 0 Å². The topological polar surface area (TPSA) is 92.2 Å². The summed E-state index contributed by atoms with van der Waals surface area (Å²) in [7, 11) is 0. The number of aliphatic carboxylic acids is 1. The molecule has 2 atom stereocenters. The minimum absolute atomic E-state index is 0.207. The van der Waals surface area contributed by atoms with Gasteiger partial charge in [0.25, 0.3) is 0 Å². The van der Waals surface area contributed by atoms with Crippen LogP contribution in [-0.2, 0) is 29.1 Å². The van der Waals surface area contributed by atoms with Crippen LogP contribution in [-0.4, -0.2) is 52.3 Å². The first kappa shape index (κ1) is 28.1. The maximum Gasteiger partial charge on any atom is 0.410 e. The number of piperidine rings is 1. The predicted molar refractivity (Wildman–Crippen MR) is 161 cm³/mol. The van der Waals surface area contributed by atoms with Crippen molar-refractivity contribution in [2.24, 2.45) is 11.3 Å². The second-order valence-electron chi connectivity index (χ2n) is 13.1. The SMILES string of the molecule is Cc1ccc(OCc2cc(C)c3c(c2)CCN(C(=O)OC(C)(C)C)C3)c(-c2cccc(N3C[C@@H]4C[C@]4(C(=O)O)C3)n2)c1. The highest BCUT2D eigenvalue weighted by molar-refractivity contribution is 5.81. The number of hydrogen-bond acceptors (Lipinski definition) is 6. The molecule has 1 N–H and O–H groups in total. The second kappa shape index (κ2) is 10.3. The van der Waals surface area contributed by atoms with E-state index in [1.807, 2.05) is 51.1 Å². The van der Waals surface area contributed by atoms with Gasteiger partial charge in [-0.2, -0.15) is 0 Å². The van der Waals surface area contributed by atoms with Crippen LogP contribution in [0, 0.1) is 25.2 Å². The summed E-state index contributed by atoms with van der Waals surface area (Å²) in [6.07, 6.45) is 1.27. The Kier molecular flexibility index (Phi) is 6.90. The van der Waals surface area contributed by atoms with Crippen molar-refractivity contribution in [3.8, 4) is 17.0 Å². The third kappa shape index (κ3) is 5.42. The average molecular weight is 570 g/mol. The van der Waals surface area contributed by atoms with Gasteiger partial charge >= 0.3 is 12.1 Å². The van der Waals surface area contributed by atoms with E-state index >= 15 is 0 Å². The lowest BCUT2D eigenvalue weighted by molar-refractivity contribution is -0.143. The second-order valence-corrected chi connectivity index (χ2v) is 13.1. The molecule has 220 valence electrons. The smallest absolute Gasteiger partial charge is 0.410 e. The van der Waals surface area contributed by atoms with E-state index in [1.165, 1.54) is 11.1 Å². The Morgan fingerprint density at radius 2 is 1.93 bits per heavy atom. The van der Waals surface area contributed by atoms with Crippen molar-refractivity contribution in [3.05, 3.63) is 76.3 Å². The number of amides is 1. The standard InChI is InChI=1S/C34H39N3O5/c1-21-9-10-29(26(13-21)28-7-6-8-30(35-28)37-17-25-16-34(25,20-37)31(38)39)41-19-23-14-22(2)27-18-36(12-11-24(27)15-23)32(40)42-33(3,4)5/h6-10,13-15,25H,11-12,16-20H2,1-5H3,(H,38,39)/t25-,34-/m0/s1. The Bertz CT molecular complexity index is 1560. The number of rotatable bonds is 6. The first-order valence-electron chi connectivity index (χ1n) is 14.7. The van der Waals surface area contributed by atoms with Crippen LogP contribution in [0.15, 0.2) is 48.5 Å². The van der Waals surface area contributed by atoms with Gasteiger partial charge in [0.05, 0.1) is 11.1 Å². The molecule has 0 radical (unpaired) electrons. The normalized spacial score (nSPS) is 21.0. The van der Waals surface area contributed by atoms with Gasteiger partial charge in [-0.25, -0.2) is 9.78 Å². The van der Waals surface area contributed by atoms with Crippen LogP contribution in [0.1, 0.15) is 55.0 Å². The van der Waals surface area contributed by atoms with E-state index in [0.717, 1.165) is 58.9 Å². The summed E-state index contributed by atoms with van der Waals surface area (Å²) in [6.45, 7) is 12.6. The molecule has 1 aliphatic carbocycles. The van der Waals surface area contributed by atoms with Crippen molar-refractivity contribution >= 4 is 17.9 Å². The molecular formula is C34H39N3O5. The van der Waals surface area contributed by atoms with E-state index in [2.05, 4.69) is 36.9 Å². The lowest BCUT2D eigenvalue weighted by atomic mass is 9.93. The summed E-state index contributed by atoms with van der Waals surface area (Å²) in [6, 6.07) is 16.4. The van der Waals surface area contributed by atoms with Crippen LogP contribution < -0.4 is 9.64 Å². The zero-order valence-electron chi connectivity index (χ0n) is 25.1. The molecular weight excluding hydrogens is 530 g/mol. The molecule has 8 heteroatoms. The van der Waals surface area contributed by atoms with Gasteiger partial charge < -0.3 is 24.4 Å². The molecule has 6 rings (SSSR count). The predicted octanol–water partition coefficient (Wildman–Crippen LogP) is 6.15. The first-order valence-corrected chi connectivity index (χ1v) is 14.7. The molecule has 1 aromatic heterocycles. The highest BCUT2D eigenvalue weighted by Crippen LogP contribution is 2.58. The summed E-state index contributed by atoms with van der Waals surface area (Å²) in [5.41, 5.74) is 6.36. The van der Waals surface area contributed by atoms with Crippen molar-refractivity contribution in [1.82, 2.24) is 9.88 Å². The molecule has 1 saturated carbocycles. The average Bonchev–Trinajstić information content (AvgIpc) is 3.52. The fourth-order valence-electron chi connectivity index (χ4n) is 6.38. The molecule has 2 fully saturated rings. The molecule has 8 nitrogen and oxygen atoms in total. The molecule has 1 amide bonds. The zero-order valence-corrected chi connectivity index (χ0v) is 25.1.